The lowest BCUT2D eigenvalue weighted by atomic mass is 10.2. The highest BCUT2D eigenvalue weighted by Gasteiger charge is 2.05. The first-order valence-electron chi connectivity index (χ1n) is 5.96. The van der Waals surface area contributed by atoms with Gasteiger partial charge in [0.25, 0.3) is 0 Å². The molecule has 16 heavy (non-hydrogen) atoms. The maximum atomic E-state index is 4.51. The van der Waals surface area contributed by atoms with Gasteiger partial charge in [-0.25, -0.2) is 4.98 Å². The average Bonchev–Trinajstić information content (AvgIpc) is 2.26. The molecule has 0 saturated carbocycles. The molecular formula is C12H22N4. The van der Waals surface area contributed by atoms with Crippen LogP contribution < -0.4 is 10.2 Å². The van der Waals surface area contributed by atoms with E-state index in [-0.39, 0.29) is 0 Å². The van der Waals surface area contributed by atoms with Crippen LogP contribution in [0.3, 0.4) is 0 Å². The molecule has 90 valence electrons. The second kappa shape index (κ2) is 6.30. The van der Waals surface area contributed by atoms with Crippen molar-refractivity contribution in [3.8, 4) is 0 Å². The molecule has 0 unspecified atom stereocenters. The van der Waals surface area contributed by atoms with Crippen molar-refractivity contribution < 1.29 is 0 Å². The Bertz CT molecular complexity index is 323. The van der Waals surface area contributed by atoms with Crippen molar-refractivity contribution in [1.82, 2.24) is 9.97 Å². The van der Waals surface area contributed by atoms with Crippen molar-refractivity contribution >= 4 is 11.8 Å². The lowest BCUT2D eigenvalue weighted by Crippen LogP contribution is -2.15. The molecule has 1 rings (SSSR count). The van der Waals surface area contributed by atoms with Crippen LogP contribution in [0.2, 0.25) is 0 Å². The summed E-state index contributed by atoms with van der Waals surface area (Å²) in [6.45, 7) is 5.26. The van der Waals surface area contributed by atoms with Gasteiger partial charge in [-0.15, -0.1) is 0 Å². The second-order valence-electron chi connectivity index (χ2n) is 4.12. The molecule has 0 saturated heterocycles. The Hall–Kier alpha value is -1.32. The van der Waals surface area contributed by atoms with Crippen LogP contribution in [0.15, 0.2) is 6.07 Å². The van der Waals surface area contributed by atoms with E-state index < -0.39 is 0 Å². The Morgan fingerprint density at radius 3 is 2.50 bits per heavy atom. The van der Waals surface area contributed by atoms with E-state index in [1.54, 1.807) is 0 Å². The molecule has 1 heterocycles. The summed E-state index contributed by atoms with van der Waals surface area (Å²) in [4.78, 5) is 10.9. The summed E-state index contributed by atoms with van der Waals surface area (Å²) < 4.78 is 0. The van der Waals surface area contributed by atoms with Gasteiger partial charge in [0, 0.05) is 32.4 Å². The molecule has 0 amide bonds. The van der Waals surface area contributed by atoms with Crippen LogP contribution in [-0.4, -0.2) is 30.6 Å². The predicted molar refractivity (Wildman–Crippen MR) is 69.1 cm³/mol. The Labute approximate surface area is 98.1 Å². The number of nitrogens with one attached hydrogen (secondary N) is 1. The van der Waals surface area contributed by atoms with Crippen molar-refractivity contribution in [2.24, 2.45) is 0 Å². The van der Waals surface area contributed by atoms with Gasteiger partial charge in [-0.2, -0.15) is 4.98 Å². The summed E-state index contributed by atoms with van der Waals surface area (Å²) in [6.07, 6.45) is 3.21. The summed E-state index contributed by atoms with van der Waals surface area (Å²) >= 11 is 0. The van der Waals surface area contributed by atoms with Gasteiger partial charge in [-0.3, -0.25) is 0 Å². The van der Waals surface area contributed by atoms with Crippen molar-refractivity contribution in [3.63, 3.8) is 0 Å². The Balaban J connectivity index is 2.89. The van der Waals surface area contributed by atoms with Gasteiger partial charge in [0.2, 0.25) is 5.95 Å². The number of hydrogen-bond donors (Lipinski definition) is 1. The summed E-state index contributed by atoms with van der Waals surface area (Å²) in [7, 11) is 3.93. The summed E-state index contributed by atoms with van der Waals surface area (Å²) in [5.74, 6) is 1.72. The average molecular weight is 222 g/mol. The number of nitrogens with zero attached hydrogens (tertiary/aromatic N) is 3. The van der Waals surface area contributed by atoms with Crippen LogP contribution in [0, 0.1) is 0 Å². The molecule has 0 bridgehead atoms. The van der Waals surface area contributed by atoms with Crippen molar-refractivity contribution in [3.05, 3.63) is 11.8 Å². The van der Waals surface area contributed by atoms with Gasteiger partial charge < -0.3 is 10.2 Å². The highest BCUT2D eigenvalue weighted by Crippen LogP contribution is 2.13. The Morgan fingerprint density at radius 1 is 1.19 bits per heavy atom. The molecule has 0 aliphatic carbocycles. The highest BCUT2D eigenvalue weighted by molar-refractivity contribution is 5.43. The van der Waals surface area contributed by atoms with Crippen LogP contribution in [0.25, 0.3) is 0 Å². The van der Waals surface area contributed by atoms with E-state index in [1.807, 2.05) is 25.1 Å². The number of aromatic nitrogens is 2. The van der Waals surface area contributed by atoms with Crippen molar-refractivity contribution in [2.45, 2.75) is 33.1 Å². The molecule has 0 atom stereocenters. The molecule has 1 aromatic heterocycles. The maximum Gasteiger partial charge on any atom is 0.226 e. The fourth-order valence-electron chi connectivity index (χ4n) is 1.41. The van der Waals surface area contributed by atoms with Gasteiger partial charge >= 0.3 is 0 Å². The third-order valence-corrected chi connectivity index (χ3v) is 2.23. The molecule has 1 aromatic rings. The summed E-state index contributed by atoms with van der Waals surface area (Å²) in [5.41, 5.74) is 1.11. The molecule has 0 radical (unpaired) electrons. The van der Waals surface area contributed by atoms with Gasteiger partial charge in [-0.1, -0.05) is 20.3 Å². The lowest BCUT2D eigenvalue weighted by molar-refractivity contribution is 0.857. The third-order valence-electron chi connectivity index (χ3n) is 2.23. The van der Waals surface area contributed by atoms with E-state index in [4.69, 9.17) is 0 Å². The minimum Gasteiger partial charge on any atom is -0.370 e. The van der Waals surface area contributed by atoms with Crippen molar-refractivity contribution in [1.29, 1.82) is 0 Å². The topological polar surface area (TPSA) is 41.1 Å². The number of hydrogen-bond acceptors (Lipinski definition) is 4. The summed E-state index contributed by atoms with van der Waals surface area (Å²) in [6, 6.07) is 2.05. The number of aryl methyl sites for hydroxylation is 1. The molecule has 0 aliphatic rings. The fourth-order valence-corrected chi connectivity index (χ4v) is 1.41. The van der Waals surface area contributed by atoms with E-state index in [2.05, 4.69) is 29.1 Å². The van der Waals surface area contributed by atoms with Crippen LogP contribution in [-0.2, 0) is 6.42 Å². The van der Waals surface area contributed by atoms with E-state index in [1.165, 1.54) is 0 Å². The quantitative estimate of drug-likeness (QED) is 0.802. The van der Waals surface area contributed by atoms with Crippen molar-refractivity contribution in [2.75, 3.05) is 30.9 Å². The standard InChI is InChI=1S/C12H22N4/c1-5-7-10-9-11(13-8-6-2)15-12(14-10)16(3)4/h9H,5-8H2,1-4H3,(H,13,14,15). The maximum absolute atomic E-state index is 4.51. The Morgan fingerprint density at radius 2 is 1.94 bits per heavy atom. The highest BCUT2D eigenvalue weighted by atomic mass is 15.2. The van der Waals surface area contributed by atoms with E-state index in [0.717, 1.165) is 43.3 Å². The first-order chi connectivity index (χ1) is 7.67. The molecular weight excluding hydrogens is 200 g/mol. The van der Waals surface area contributed by atoms with E-state index in [9.17, 15) is 0 Å². The van der Waals surface area contributed by atoms with Crippen LogP contribution >= 0.6 is 0 Å². The van der Waals surface area contributed by atoms with Gasteiger partial charge in [0.15, 0.2) is 0 Å². The molecule has 0 aliphatic heterocycles. The van der Waals surface area contributed by atoms with E-state index in [0.29, 0.717) is 0 Å². The molecule has 0 spiro atoms. The minimum atomic E-state index is 0.782. The largest absolute Gasteiger partial charge is 0.370 e. The SMILES string of the molecule is CCCNc1cc(CCC)nc(N(C)C)n1. The smallest absolute Gasteiger partial charge is 0.226 e. The minimum absolute atomic E-state index is 0.782. The van der Waals surface area contributed by atoms with Crippen LogP contribution in [0.5, 0.6) is 0 Å². The molecule has 4 nitrogen and oxygen atoms in total. The monoisotopic (exact) mass is 222 g/mol. The molecule has 0 aromatic carbocycles. The second-order valence-corrected chi connectivity index (χ2v) is 4.12. The fraction of sp³-hybridized carbons (Fsp3) is 0.667. The van der Waals surface area contributed by atoms with Crippen LogP contribution in [0.4, 0.5) is 11.8 Å². The van der Waals surface area contributed by atoms with Gasteiger partial charge in [0.1, 0.15) is 5.82 Å². The van der Waals surface area contributed by atoms with Crippen LogP contribution in [0.1, 0.15) is 32.4 Å². The first-order valence-corrected chi connectivity index (χ1v) is 5.96. The third kappa shape index (κ3) is 3.68. The zero-order valence-electron chi connectivity index (χ0n) is 10.7. The summed E-state index contributed by atoms with van der Waals surface area (Å²) in [5, 5.41) is 3.31. The zero-order valence-corrected chi connectivity index (χ0v) is 10.7. The molecule has 0 fully saturated rings. The lowest BCUT2D eigenvalue weighted by Gasteiger charge is -2.14. The van der Waals surface area contributed by atoms with Gasteiger partial charge in [0.05, 0.1) is 0 Å². The number of rotatable bonds is 6. The predicted octanol–water partition coefficient (Wildman–Crippen LogP) is 2.32. The molecule has 1 N–H and O–H groups in total. The van der Waals surface area contributed by atoms with E-state index >= 15 is 0 Å². The zero-order chi connectivity index (χ0) is 12.0. The Kier molecular flexibility index (Phi) is 5.02. The van der Waals surface area contributed by atoms with Gasteiger partial charge in [-0.05, 0) is 12.8 Å². The number of anilines is 2. The normalized spacial score (nSPS) is 10.2. The first kappa shape index (κ1) is 12.7. The molecule has 4 heteroatoms.